The van der Waals surface area contributed by atoms with Crippen molar-refractivity contribution in [2.45, 2.75) is 4.90 Å². The first-order valence-corrected chi connectivity index (χ1v) is 8.76. The third kappa shape index (κ3) is 5.06. The van der Waals surface area contributed by atoms with Gasteiger partial charge in [-0.15, -0.1) is 0 Å². The Morgan fingerprint density at radius 2 is 1.42 bits per heavy atom. The van der Waals surface area contributed by atoms with Gasteiger partial charge >= 0.3 is 0 Å². The van der Waals surface area contributed by atoms with Gasteiger partial charge in [0.05, 0.1) is 4.91 Å². The fourth-order valence-corrected chi connectivity index (χ4v) is 3.04. The maximum Gasteiger partial charge on any atom is 0.0631 e. The molecule has 0 aromatic heterocycles. The predicted octanol–water partition coefficient (Wildman–Crippen LogP) is 6.52. The van der Waals surface area contributed by atoms with Crippen molar-refractivity contribution >= 4 is 29.4 Å². The molecule has 3 rings (SSSR count). The Bertz CT molecular complexity index is 870. The minimum atomic E-state index is 0.736. The average molecular weight is 347 g/mol. The molecule has 0 N–H and O–H groups in total. The highest BCUT2D eigenvalue weighted by molar-refractivity contribution is 8.03. The number of rotatable bonds is 3. The van der Waals surface area contributed by atoms with Crippen molar-refractivity contribution in [1.82, 2.24) is 0 Å². The van der Waals surface area contributed by atoms with Crippen molar-refractivity contribution in [1.29, 1.82) is 0 Å². The zero-order valence-electron chi connectivity index (χ0n) is 12.9. The molecule has 0 spiro atoms. The average Bonchev–Trinajstić information content (AvgIpc) is 2.63. The van der Waals surface area contributed by atoms with Gasteiger partial charge in [-0.1, -0.05) is 83.7 Å². The largest absolute Gasteiger partial charge is 0.0843 e. The van der Waals surface area contributed by atoms with E-state index in [9.17, 15) is 0 Å². The number of thioether (sulfide) groups is 1. The van der Waals surface area contributed by atoms with Crippen LogP contribution >= 0.6 is 23.4 Å². The minimum Gasteiger partial charge on any atom is -0.0843 e. The molecule has 24 heavy (non-hydrogen) atoms. The lowest BCUT2D eigenvalue weighted by molar-refractivity contribution is 1.47. The van der Waals surface area contributed by atoms with Crippen LogP contribution in [0.25, 0.3) is 6.08 Å². The third-order valence-corrected chi connectivity index (χ3v) is 4.44. The third-order valence-electron chi connectivity index (χ3n) is 3.24. The summed E-state index contributed by atoms with van der Waals surface area (Å²) in [6, 6.07) is 28.1. The Labute approximate surface area is 152 Å². The molecular formula is C22H15ClS. The van der Waals surface area contributed by atoms with E-state index in [-0.39, 0.29) is 0 Å². The summed E-state index contributed by atoms with van der Waals surface area (Å²) in [6.07, 6.45) is 2.09. The SMILES string of the molecule is Clc1ccc(/C=C(/C#Cc2ccccc2)Sc2ccccc2)cc1. The molecule has 0 saturated heterocycles. The van der Waals surface area contributed by atoms with Gasteiger partial charge in [-0.05, 0) is 48.0 Å². The van der Waals surface area contributed by atoms with E-state index in [0.717, 1.165) is 21.1 Å². The van der Waals surface area contributed by atoms with Gasteiger partial charge < -0.3 is 0 Å². The summed E-state index contributed by atoms with van der Waals surface area (Å²) in [4.78, 5) is 2.16. The lowest BCUT2D eigenvalue weighted by Crippen LogP contribution is -1.78. The first-order chi connectivity index (χ1) is 11.8. The summed E-state index contributed by atoms with van der Waals surface area (Å²) in [6.45, 7) is 0. The molecule has 0 saturated carbocycles. The molecule has 0 unspecified atom stereocenters. The summed E-state index contributed by atoms with van der Waals surface area (Å²) >= 11 is 7.63. The highest BCUT2D eigenvalue weighted by Crippen LogP contribution is 2.28. The van der Waals surface area contributed by atoms with Crippen LogP contribution in [0.1, 0.15) is 11.1 Å². The Hall–Kier alpha value is -2.40. The van der Waals surface area contributed by atoms with E-state index in [0.29, 0.717) is 0 Å². The Kier molecular flexibility index (Phi) is 5.80. The van der Waals surface area contributed by atoms with Crippen LogP contribution in [0.5, 0.6) is 0 Å². The molecule has 0 fully saturated rings. The van der Waals surface area contributed by atoms with Crippen LogP contribution in [0, 0.1) is 11.8 Å². The maximum atomic E-state index is 5.97. The molecule has 0 atom stereocenters. The smallest absolute Gasteiger partial charge is 0.0631 e. The summed E-state index contributed by atoms with van der Waals surface area (Å²) in [5.74, 6) is 6.52. The van der Waals surface area contributed by atoms with Crippen LogP contribution in [-0.2, 0) is 0 Å². The Morgan fingerprint density at radius 3 is 2.08 bits per heavy atom. The molecule has 2 heteroatoms. The fourth-order valence-electron chi connectivity index (χ4n) is 2.07. The van der Waals surface area contributed by atoms with Gasteiger partial charge in [0.25, 0.3) is 0 Å². The van der Waals surface area contributed by atoms with Crippen LogP contribution in [0.15, 0.2) is 94.7 Å². The second kappa shape index (κ2) is 8.45. The van der Waals surface area contributed by atoms with E-state index >= 15 is 0 Å². The molecule has 0 amide bonds. The zero-order chi connectivity index (χ0) is 16.6. The van der Waals surface area contributed by atoms with Gasteiger partial charge in [-0.3, -0.25) is 0 Å². The predicted molar refractivity (Wildman–Crippen MR) is 105 cm³/mol. The van der Waals surface area contributed by atoms with E-state index in [1.54, 1.807) is 11.8 Å². The van der Waals surface area contributed by atoms with Gasteiger partial charge in [0.1, 0.15) is 0 Å². The number of allylic oxidation sites excluding steroid dienone is 1. The maximum absolute atomic E-state index is 5.97. The molecule has 0 radical (unpaired) electrons. The van der Waals surface area contributed by atoms with Crippen LogP contribution in [0.4, 0.5) is 0 Å². The van der Waals surface area contributed by atoms with Crippen molar-refractivity contribution in [2.24, 2.45) is 0 Å². The lowest BCUT2D eigenvalue weighted by atomic mass is 10.2. The minimum absolute atomic E-state index is 0.736. The molecule has 0 aliphatic heterocycles. The summed E-state index contributed by atoms with van der Waals surface area (Å²) in [7, 11) is 0. The van der Waals surface area contributed by atoms with Crippen molar-refractivity contribution in [3.05, 3.63) is 106 Å². The van der Waals surface area contributed by atoms with E-state index < -0.39 is 0 Å². The number of halogens is 1. The van der Waals surface area contributed by atoms with E-state index in [2.05, 4.69) is 30.0 Å². The van der Waals surface area contributed by atoms with Crippen LogP contribution in [-0.4, -0.2) is 0 Å². The quantitative estimate of drug-likeness (QED) is 0.384. The number of benzene rings is 3. The Morgan fingerprint density at radius 1 is 0.792 bits per heavy atom. The molecule has 0 heterocycles. The molecule has 116 valence electrons. The zero-order valence-corrected chi connectivity index (χ0v) is 14.5. The first kappa shape index (κ1) is 16.5. The number of hydrogen-bond donors (Lipinski definition) is 0. The lowest BCUT2D eigenvalue weighted by Gasteiger charge is -2.01. The van der Waals surface area contributed by atoms with Gasteiger partial charge in [0, 0.05) is 15.5 Å². The first-order valence-electron chi connectivity index (χ1n) is 7.57. The van der Waals surface area contributed by atoms with E-state index in [4.69, 9.17) is 11.6 Å². The van der Waals surface area contributed by atoms with Crippen LogP contribution in [0.2, 0.25) is 5.02 Å². The topological polar surface area (TPSA) is 0 Å². The van der Waals surface area contributed by atoms with Crippen molar-refractivity contribution in [3.63, 3.8) is 0 Å². The fraction of sp³-hybridized carbons (Fsp3) is 0. The number of hydrogen-bond acceptors (Lipinski definition) is 1. The molecule has 0 nitrogen and oxygen atoms in total. The van der Waals surface area contributed by atoms with Crippen LogP contribution in [0.3, 0.4) is 0 Å². The highest BCUT2D eigenvalue weighted by atomic mass is 35.5. The van der Waals surface area contributed by atoms with Gasteiger partial charge in [-0.25, -0.2) is 0 Å². The van der Waals surface area contributed by atoms with Crippen molar-refractivity contribution in [3.8, 4) is 11.8 Å². The van der Waals surface area contributed by atoms with Gasteiger partial charge in [0.2, 0.25) is 0 Å². The second-order valence-electron chi connectivity index (χ2n) is 5.09. The van der Waals surface area contributed by atoms with Crippen LogP contribution < -0.4 is 0 Å². The highest BCUT2D eigenvalue weighted by Gasteiger charge is 1.99. The Balaban J connectivity index is 1.91. The normalized spacial score (nSPS) is 10.8. The molecule has 0 aliphatic rings. The standard InChI is InChI=1S/C22H15ClS/c23-20-14-11-19(12-15-20)17-22(24-21-9-5-2-6-10-21)16-13-18-7-3-1-4-8-18/h1-12,14-15,17H/b22-17-. The van der Waals surface area contributed by atoms with Crippen molar-refractivity contribution < 1.29 is 0 Å². The summed E-state index contributed by atoms with van der Waals surface area (Å²) in [5, 5.41) is 0.736. The molecule has 3 aromatic carbocycles. The molecule has 0 aliphatic carbocycles. The molecule has 3 aromatic rings. The van der Waals surface area contributed by atoms with Crippen molar-refractivity contribution in [2.75, 3.05) is 0 Å². The van der Waals surface area contributed by atoms with Gasteiger partial charge in [0.15, 0.2) is 0 Å². The summed E-state index contributed by atoms with van der Waals surface area (Å²) in [5.41, 5.74) is 2.09. The molecular weight excluding hydrogens is 332 g/mol. The van der Waals surface area contributed by atoms with E-state index in [1.807, 2.05) is 72.8 Å². The molecule has 0 bridgehead atoms. The monoisotopic (exact) mass is 346 g/mol. The van der Waals surface area contributed by atoms with E-state index in [1.165, 1.54) is 4.90 Å². The summed E-state index contributed by atoms with van der Waals surface area (Å²) < 4.78 is 0. The van der Waals surface area contributed by atoms with Gasteiger partial charge in [-0.2, -0.15) is 0 Å². The second-order valence-corrected chi connectivity index (χ2v) is 6.64.